The molecular weight excluding hydrogens is 575 g/mol. The predicted octanol–water partition coefficient (Wildman–Crippen LogP) is 4.06. The lowest BCUT2D eigenvalue weighted by atomic mass is 9.96. The minimum Gasteiger partial charge on any atom is -0.496 e. The number of esters is 1. The molecule has 4 rings (SSSR count). The molecule has 0 fully saturated rings. The summed E-state index contributed by atoms with van der Waals surface area (Å²) in [6.45, 7) is 3.73. The van der Waals surface area contributed by atoms with Crippen LogP contribution in [0.15, 0.2) is 63.5 Å². The van der Waals surface area contributed by atoms with E-state index in [2.05, 4.69) is 27.6 Å². The first-order valence-corrected chi connectivity index (χ1v) is 12.4. The van der Waals surface area contributed by atoms with E-state index in [-0.39, 0.29) is 12.2 Å². The van der Waals surface area contributed by atoms with Crippen LogP contribution in [0, 0.1) is 3.57 Å². The number of hydrogen-bond donors (Lipinski definition) is 0. The quantitative estimate of drug-likeness (QED) is 0.330. The SMILES string of the molecule is CCOC(=O)C1=C(C)N=c2sc(=Cc3ccc(OC)c(I)c3)c(=O)n2C1c1ccc(Cl)cc1. The van der Waals surface area contributed by atoms with Gasteiger partial charge in [0.15, 0.2) is 4.80 Å². The van der Waals surface area contributed by atoms with Crippen molar-refractivity contribution in [2.24, 2.45) is 4.99 Å². The Labute approximate surface area is 213 Å². The highest BCUT2D eigenvalue weighted by molar-refractivity contribution is 14.1. The van der Waals surface area contributed by atoms with E-state index >= 15 is 0 Å². The Hall–Kier alpha value is -2.43. The third-order valence-corrected chi connectivity index (χ3v) is 7.25. The molecule has 2 heterocycles. The molecule has 0 N–H and O–H groups in total. The minimum atomic E-state index is -0.657. The fraction of sp³-hybridized carbons (Fsp3) is 0.208. The summed E-state index contributed by atoms with van der Waals surface area (Å²) in [6, 6.07) is 12.2. The maximum atomic E-state index is 13.6. The molecular formula is C24H20ClIN2O4S. The second-order valence-electron chi connectivity index (χ2n) is 7.25. The normalized spacial score (nSPS) is 15.8. The molecule has 0 saturated heterocycles. The van der Waals surface area contributed by atoms with E-state index in [1.807, 2.05) is 36.4 Å². The number of allylic oxidation sites excluding steroid dienone is 1. The molecule has 1 aromatic heterocycles. The Morgan fingerprint density at radius 2 is 2.00 bits per heavy atom. The van der Waals surface area contributed by atoms with Crippen LogP contribution in [0.5, 0.6) is 5.75 Å². The van der Waals surface area contributed by atoms with Crippen molar-refractivity contribution >= 4 is 57.6 Å². The average molecular weight is 595 g/mol. The minimum absolute atomic E-state index is 0.223. The topological polar surface area (TPSA) is 69.9 Å². The number of aromatic nitrogens is 1. The van der Waals surface area contributed by atoms with Crippen LogP contribution in [0.25, 0.3) is 6.08 Å². The lowest BCUT2D eigenvalue weighted by molar-refractivity contribution is -0.139. The molecule has 170 valence electrons. The molecule has 1 aliphatic heterocycles. The summed E-state index contributed by atoms with van der Waals surface area (Å²) < 4.78 is 13.6. The van der Waals surface area contributed by atoms with Crippen molar-refractivity contribution in [3.05, 3.63) is 93.1 Å². The van der Waals surface area contributed by atoms with Crippen molar-refractivity contribution in [1.29, 1.82) is 0 Å². The highest BCUT2D eigenvalue weighted by Gasteiger charge is 2.33. The first-order valence-electron chi connectivity index (χ1n) is 10.1. The van der Waals surface area contributed by atoms with Gasteiger partial charge in [-0.2, -0.15) is 0 Å². The van der Waals surface area contributed by atoms with Gasteiger partial charge in [0.2, 0.25) is 0 Å². The first kappa shape index (κ1) is 23.7. The molecule has 0 bridgehead atoms. The van der Waals surface area contributed by atoms with Crippen LogP contribution in [0.2, 0.25) is 5.02 Å². The smallest absolute Gasteiger partial charge is 0.338 e. The zero-order chi connectivity index (χ0) is 23.7. The van der Waals surface area contributed by atoms with Crippen molar-refractivity contribution in [2.45, 2.75) is 19.9 Å². The van der Waals surface area contributed by atoms with E-state index in [0.717, 1.165) is 20.4 Å². The molecule has 6 nitrogen and oxygen atoms in total. The number of halogens is 2. The van der Waals surface area contributed by atoms with Gasteiger partial charge in [0.1, 0.15) is 5.75 Å². The van der Waals surface area contributed by atoms with E-state index < -0.39 is 12.0 Å². The highest BCUT2D eigenvalue weighted by atomic mass is 127. The van der Waals surface area contributed by atoms with Crippen LogP contribution in [0.3, 0.4) is 0 Å². The monoisotopic (exact) mass is 594 g/mol. The lowest BCUT2D eigenvalue weighted by Crippen LogP contribution is -2.39. The van der Waals surface area contributed by atoms with Gasteiger partial charge in [0.05, 0.1) is 39.1 Å². The Kier molecular flexibility index (Phi) is 7.06. The molecule has 1 atom stereocenters. The van der Waals surface area contributed by atoms with Gasteiger partial charge in [-0.25, -0.2) is 9.79 Å². The summed E-state index contributed by atoms with van der Waals surface area (Å²) in [5.74, 6) is 0.282. The zero-order valence-corrected chi connectivity index (χ0v) is 21.8. The zero-order valence-electron chi connectivity index (χ0n) is 18.1. The number of hydrogen-bond acceptors (Lipinski definition) is 6. The maximum absolute atomic E-state index is 13.6. The van der Waals surface area contributed by atoms with Gasteiger partial charge >= 0.3 is 5.97 Å². The van der Waals surface area contributed by atoms with Crippen LogP contribution in [-0.2, 0) is 9.53 Å². The fourth-order valence-electron chi connectivity index (χ4n) is 3.68. The number of nitrogens with zero attached hydrogens (tertiary/aromatic N) is 2. The average Bonchev–Trinajstić information content (AvgIpc) is 3.08. The van der Waals surface area contributed by atoms with E-state index in [1.165, 1.54) is 11.3 Å². The number of benzene rings is 2. The van der Waals surface area contributed by atoms with Crippen LogP contribution in [0.1, 0.15) is 31.0 Å². The summed E-state index contributed by atoms with van der Waals surface area (Å²) in [5, 5.41) is 0.568. The number of methoxy groups -OCH3 is 1. The second-order valence-corrected chi connectivity index (χ2v) is 9.86. The van der Waals surface area contributed by atoms with Crippen LogP contribution in [0.4, 0.5) is 0 Å². The fourth-order valence-corrected chi connectivity index (χ4v) is 5.61. The molecule has 2 aromatic carbocycles. The van der Waals surface area contributed by atoms with Gasteiger partial charge in [0, 0.05) is 5.02 Å². The number of carbonyl (C=O) groups excluding carboxylic acids is 1. The number of fused-ring (bicyclic) bond motifs is 1. The second kappa shape index (κ2) is 9.82. The third kappa shape index (κ3) is 4.64. The highest BCUT2D eigenvalue weighted by Crippen LogP contribution is 2.31. The molecule has 0 radical (unpaired) electrons. The molecule has 33 heavy (non-hydrogen) atoms. The largest absolute Gasteiger partial charge is 0.496 e. The van der Waals surface area contributed by atoms with Crippen LogP contribution in [-0.4, -0.2) is 24.3 Å². The molecule has 0 saturated carbocycles. The molecule has 0 amide bonds. The Balaban J connectivity index is 1.93. The summed E-state index contributed by atoms with van der Waals surface area (Å²) >= 11 is 9.57. The molecule has 0 spiro atoms. The van der Waals surface area contributed by atoms with Crippen molar-refractivity contribution in [3.63, 3.8) is 0 Å². The van der Waals surface area contributed by atoms with Gasteiger partial charge < -0.3 is 9.47 Å². The van der Waals surface area contributed by atoms with Crippen molar-refractivity contribution in [3.8, 4) is 5.75 Å². The predicted molar refractivity (Wildman–Crippen MR) is 138 cm³/mol. The van der Waals surface area contributed by atoms with Crippen molar-refractivity contribution in [2.75, 3.05) is 13.7 Å². The van der Waals surface area contributed by atoms with Crippen molar-refractivity contribution in [1.82, 2.24) is 4.57 Å². The summed E-state index contributed by atoms with van der Waals surface area (Å²) in [7, 11) is 1.62. The van der Waals surface area contributed by atoms with Crippen LogP contribution >= 0.6 is 45.5 Å². The number of thiazole rings is 1. The van der Waals surface area contributed by atoms with Gasteiger partial charge in [-0.1, -0.05) is 41.1 Å². The number of ether oxygens (including phenoxy) is 2. The summed E-state index contributed by atoms with van der Waals surface area (Å²) in [4.78, 5) is 31.6. The van der Waals surface area contributed by atoms with Gasteiger partial charge in [-0.3, -0.25) is 9.36 Å². The third-order valence-electron chi connectivity index (χ3n) is 5.18. The van der Waals surface area contributed by atoms with E-state index in [9.17, 15) is 9.59 Å². The standard InChI is InChI=1S/C24H20ClIN2O4S/c1-4-32-23(30)20-13(2)27-24-28(21(20)15-6-8-16(25)9-7-15)22(29)19(33-24)12-14-5-10-18(31-3)17(26)11-14/h5-12,21H,4H2,1-3H3. The molecule has 1 unspecified atom stereocenters. The maximum Gasteiger partial charge on any atom is 0.338 e. The molecule has 9 heteroatoms. The van der Waals surface area contributed by atoms with Gasteiger partial charge in [0.25, 0.3) is 5.56 Å². The van der Waals surface area contributed by atoms with E-state index in [1.54, 1.807) is 37.7 Å². The van der Waals surface area contributed by atoms with Gasteiger partial charge in [-0.05, 0) is 77.9 Å². The summed E-state index contributed by atoms with van der Waals surface area (Å²) in [6.07, 6.45) is 1.83. The van der Waals surface area contributed by atoms with Crippen LogP contribution < -0.4 is 19.6 Å². The van der Waals surface area contributed by atoms with Gasteiger partial charge in [-0.15, -0.1) is 0 Å². The Bertz CT molecular complexity index is 1440. The number of rotatable bonds is 5. The van der Waals surface area contributed by atoms with Crippen molar-refractivity contribution < 1.29 is 14.3 Å². The molecule has 3 aromatic rings. The van der Waals surface area contributed by atoms with E-state index in [4.69, 9.17) is 21.1 Å². The van der Waals surface area contributed by atoms with E-state index in [0.29, 0.717) is 25.6 Å². The lowest BCUT2D eigenvalue weighted by Gasteiger charge is -2.24. The Morgan fingerprint density at radius 3 is 2.64 bits per heavy atom. The number of carbonyl (C=O) groups is 1. The molecule has 1 aliphatic rings. The molecule has 0 aliphatic carbocycles. The Morgan fingerprint density at radius 1 is 1.27 bits per heavy atom. The first-order chi connectivity index (χ1) is 15.8. The summed E-state index contributed by atoms with van der Waals surface area (Å²) in [5.41, 5.74) is 2.27.